The third kappa shape index (κ3) is 2.85. The molecule has 5 heteroatoms. The van der Waals surface area contributed by atoms with Crippen LogP contribution in [0.5, 0.6) is 11.5 Å². The molecule has 126 valence electrons. The molecule has 25 heavy (non-hydrogen) atoms. The molecule has 2 heterocycles. The quantitative estimate of drug-likeness (QED) is 0.736. The van der Waals surface area contributed by atoms with Gasteiger partial charge in [0.05, 0.1) is 19.3 Å². The monoisotopic (exact) mass is 334 g/mol. The van der Waals surface area contributed by atoms with Gasteiger partial charge >= 0.3 is 0 Å². The summed E-state index contributed by atoms with van der Waals surface area (Å²) in [6.45, 7) is 0.981. The number of benzene rings is 2. The summed E-state index contributed by atoms with van der Waals surface area (Å²) in [5, 5.41) is 0. The van der Waals surface area contributed by atoms with Crippen molar-refractivity contribution < 1.29 is 14.3 Å². The minimum atomic E-state index is -0.0493. The van der Waals surface area contributed by atoms with Crippen molar-refractivity contribution in [1.29, 1.82) is 0 Å². The highest BCUT2D eigenvalue weighted by atomic mass is 16.5. The molecule has 0 atom stereocenters. The maximum atomic E-state index is 13.1. The van der Waals surface area contributed by atoms with Gasteiger partial charge in [-0.05, 0) is 42.5 Å². The molecule has 0 spiro atoms. The lowest BCUT2D eigenvalue weighted by atomic mass is 10.1. The molecule has 1 aliphatic heterocycles. The van der Waals surface area contributed by atoms with Crippen LogP contribution in [0.4, 0.5) is 5.69 Å². The largest absolute Gasteiger partial charge is 0.497 e. The number of rotatable bonds is 3. The molecule has 0 unspecified atom stereocenters. The van der Waals surface area contributed by atoms with E-state index in [1.54, 1.807) is 12.0 Å². The maximum Gasteiger partial charge on any atom is 0.258 e. The van der Waals surface area contributed by atoms with Gasteiger partial charge in [0.1, 0.15) is 18.1 Å². The normalized spacial score (nSPS) is 13.1. The average Bonchev–Trinajstić information content (AvgIpc) is 3.21. The van der Waals surface area contributed by atoms with E-state index in [4.69, 9.17) is 9.47 Å². The highest BCUT2D eigenvalue weighted by molar-refractivity contribution is 6.07. The first-order valence-electron chi connectivity index (χ1n) is 8.12. The van der Waals surface area contributed by atoms with E-state index in [-0.39, 0.29) is 5.91 Å². The predicted molar refractivity (Wildman–Crippen MR) is 95.9 cm³/mol. The molecule has 0 N–H and O–H groups in total. The van der Waals surface area contributed by atoms with Crippen LogP contribution in [0.1, 0.15) is 10.4 Å². The SMILES string of the molecule is COc1ccc2c(c1)N(C(=O)c1cccc(-n3cccc3)c1)CCO2. The second kappa shape index (κ2) is 6.36. The zero-order valence-electron chi connectivity index (χ0n) is 13.9. The molecule has 0 fully saturated rings. The lowest BCUT2D eigenvalue weighted by Gasteiger charge is -2.30. The number of amides is 1. The molecule has 2 aromatic carbocycles. The van der Waals surface area contributed by atoms with Crippen molar-refractivity contribution >= 4 is 11.6 Å². The van der Waals surface area contributed by atoms with Crippen LogP contribution < -0.4 is 14.4 Å². The average molecular weight is 334 g/mol. The van der Waals surface area contributed by atoms with E-state index in [1.165, 1.54) is 0 Å². The number of methoxy groups -OCH3 is 1. The van der Waals surface area contributed by atoms with Gasteiger partial charge in [0.15, 0.2) is 0 Å². The second-order valence-electron chi connectivity index (χ2n) is 5.78. The summed E-state index contributed by atoms with van der Waals surface area (Å²) in [6.07, 6.45) is 3.91. The van der Waals surface area contributed by atoms with Gasteiger partial charge in [0, 0.05) is 29.7 Å². The Labute approximate surface area is 146 Å². The van der Waals surface area contributed by atoms with E-state index in [9.17, 15) is 4.79 Å². The number of carbonyl (C=O) groups excluding carboxylic acids is 1. The van der Waals surface area contributed by atoms with E-state index in [0.717, 1.165) is 11.4 Å². The first-order valence-corrected chi connectivity index (χ1v) is 8.12. The molecule has 5 nitrogen and oxygen atoms in total. The summed E-state index contributed by atoms with van der Waals surface area (Å²) >= 11 is 0. The van der Waals surface area contributed by atoms with E-state index >= 15 is 0 Å². The highest BCUT2D eigenvalue weighted by Crippen LogP contribution is 2.35. The molecular formula is C20H18N2O3. The van der Waals surface area contributed by atoms with Crippen molar-refractivity contribution in [2.24, 2.45) is 0 Å². The molecule has 0 bridgehead atoms. The molecule has 3 aromatic rings. The molecule has 0 saturated carbocycles. The van der Waals surface area contributed by atoms with Crippen LogP contribution in [0.2, 0.25) is 0 Å². The minimum absolute atomic E-state index is 0.0493. The number of hydrogen-bond acceptors (Lipinski definition) is 3. The lowest BCUT2D eigenvalue weighted by Crippen LogP contribution is -2.38. The van der Waals surface area contributed by atoms with E-state index in [1.807, 2.05) is 71.6 Å². The fourth-order valence-electron chi connectivity index (χ4n) is 3.00. The number of ether oxygens (including phenoxy) is 2. The summed E-state index contributed by atoms with van der Waals surface area (Å²) in [7, 11) is 1.61. The van der Waals surface area contributed by atoms with Crippen LogP contribution in [-0.2, 0) is 0 Å². The van der Waals surface area contributed by atoms with Crippen LogP contribution in [0.15, 0.2) is 67.0 Å². The number of nitrogens with zero attached hydrogens (tertiary/aromatic N) is 2. The Bertz CT molecular complexity index is 903. The third-order valence-corrected chi connectivity index (χ3v) is 4.27. The van der Waals surface area contributed by atoms with Crippen LogP contribution in [0.3, 0.4) is 0 Å². The Morgan fingerprint density at radius 3 is 2.72 bits per heavy atom. The second-order valence-corrected chi connectivity index (χ2v) is 5.78. The topological polar surface area (TPSA) is 43.7 Å². The highest BCUT2D eigenvalue weighted by Gasteiger charge is 2.25. The van der Waals surface area contributed by atoms with Crippen molar-refractivity contribution in [3.8, 4) is 17.2 Å². The lowest BCUT2D eigenvalue weighted by molar-refractivity contribution is 0.0976. The third-order valence-electron chi connectivity index (χ3n) is 4.27. The molecule has 0 saturated heterocycles. The van der Waals surface area contributed by atoms with E-state index in [0.29, 0.717) is 30.2 Å². The molecular weight excluding hydrogens is 316 g/mol. The first kappa shape index (κ1) is 15.3. The van der Waals surface area contributed by atoms with Gasteiger partial charge in [-0.1, -0.05) is 6.07 Å². The van der Waals surface area contributed by atoms with Crippen molar-refractivity contribution in [3.05, 3.63) is 72.6 Å². The molecule has 1 aliphatic rings. The Morgan fingerprint density at radius 2 is 1.92 bits per heavy atom. The Balaban J connectivity index is 1.70. The minimum Gasteiger partial charge on any atom is -0.497 e. The smallest absolute Gasteiger partial charge is 0.258 e. The van der Waals surface area contributed by atoms with Crippen LogP contribution in [-0.4, -0.2) is 30.7 Å². The standard InChI is InChI=1S/C20H18N2O3/c1-24-17-7-8-19-18(14-17)22(11-12-25-19)20(23)15-5-4-6-16(13-15)21-9-2-3-10-21/h2-10,13-14H,11-12H2,1H3. The van der Waals surface area contributed by atoms with Crippen LogP contribution >= 0.6 is 0 Å². The molecule has 0 radical (unpaired) electrons. The number of fused-ring (bicyclic) bond motifs is 1. The summed E-state index contributed by atoms with van der Waals surface area (Å²) in [4.78, 5) is 14.9. The summed E-state index contributed by atoms with van der Waals surface area (Å²) in [6, 6.07) is 17.0. The fraction of sp³-hybridized carbons (Fsp3) is 0.150. The van der Waals surface area contributed by atoms with Gasteiger partial charge < -0.3 is 18.9 Å². The summed E-state index contributed by atoms with van der Waals surface area (Å²) in [5.74, 6) is 1.34. The van der Waals surface area contributed by atoms with Gasteiger partial charge in [0.2, 0.25) is 0 Å². The maximum absolute atomic E-state index is 13.1. The van der Waals surface area contributed by atoms with Gasteiger partial charge in [0.25, 0.3) is 5.91 Å². The zero-order chi connectivity index (χ0) is 17.2. The molecule has 1 amide bonds. The first-order chi connectivity index (χ1) is 12.3. The van der Waals surface area contributed by atoms with Crippen molar-refractivity contribution in [1.82, 2.24) is 4.57 Å². The van der Waals surface area contributed by atoms with E-state index in [2.05, 4.69) is 0 Å². The molecule has 0 aliphatic carbocycles. The van der Waals surface area contributed by atoms with Crippen molar-refractivity contribution in [3.63, 3.8) is 0 Å². The number of carbonyl (C=O) groups is 1. The zero-order valence-corrected chi connectivity index (χ0v) is 13.9. The van der Waals surface area contributed by atoms with Crippen LogP contribution in [0, 0.1) is 0 Å². The van der Waals surface area contributed by atoms with Gasteiger partial charge in [-0.3, -0.25) is 4.79 Å². The van der Waals surface area contributed by atoms with E-state index < -0.39 is 0 Å². The van der Waals surface area contributed by atoms with Gasteiger partial charge in [-0.15, -0.1) is 0 Å². The molecule has 1 aromatic heterocycles. The number of anilines is 1. The Kier molecular flexibility index (Phi) is 3.90. The Hall–Kier alpha value is -3.21. The van der Waals surface area contributed by atoms with Crippen LogP contribution in [0.25, 0.3) is 5.69 Å². The summed E-state index contributed by atoms with van der Waals surface area (Å²) in [5.41, 5.74) is 2.33. The van der Waals surface area contributed by atoms with Crippen molar-refractivity contribution in [2.45, 2.75) is 0 Å². The van der Waals surface area contributed by atoms with Gasteiger partial charge in [-0.2, -0.15) is 0 Å². The number of aromatic nitrogens is 1. The van der Waals surface area contributed by atoms with Gasteiger partial charge in [-0.25, -0.2) is 0 Å². The Morgan fingerprint density at radius 1 is 1.08 bits per heavy atom. The fourth-order valence-corrected chi connectivity index (χ4v) is 3.00. The summed E-state index contributed by atoms with van der Waals surface area (Å²) < 4.78 is 12.9. The van der Waals surface area contributed by atoms with Crippen molar-refractivity contribution in [2.75, 3.05) is 25.2 Å². The predicted octanol–water partition coefficient (Wildman–Crippen LogP) is 3.53. The number of hydrogen-bond donors (Lipinski definition) is 0. The molecule has 4 rings (SSSR count).